The summed E-state index contributed by atoms with van der Waals surface area (Å²) in [7, 11) is 0. The van der Waals surface area contributed by atoms with Gasteiger partial charge in [0.1, 0.15) is 0 Å². The first-order valence-electron chi connectivity index (χ1n) is 8.32. The van der Waals surface area contributed by atoms with Crippen LogP contribution in [-0.4, -0.2) is 24.4 Å². The molecule has 1 aromatic carbocycles. The fourth-order valence-corrected chi connectivity index (χ4v) is 3.39. The SMILES string of the molecule is O=C(COC(=O)C1(c2ccc(Cl)cc2)CCCC1)NC(=O)c1ccco1. The van der Waals surface area contributed by atoms with Crippen molar-refractivity contribution in [1.29, 1.82) is 0 Å². The highest BCUT2D eigenvalue weighted by Gasteiger charge is 2.44. The lowest BCUT2D eigenvalue weighted by Gasteiger charge is -2.27. The third kappa shape index (κ3) is 3.80. The van der Waals surface area contributed by atoms with Crippen molar-refractivity contribution >= 4 is 29.4 Å². The van der Waals surface area contributed by atoms with Crippen LogP contribution in [0.2, 0.25) is 5.02 Å². The van der Waals surface area contributed by atoms with Crippen LogP contribution in [0.25, 0.3) is 0 Å². The largest absolute Gasteiger partial charge is 0.459 e. The fourth-order valence-electron chi connectivity index (χ4n) is 3.26. The molecule has 0 radical (unpaired) electrons. The summed E-state index contributed by atoms with van der Waals surface area (Å²) < 4.78 is 10.1. The van der Waals surface area contributed by atoms with Crippen molar-refractivity contribution < 1.29 is 23.5 Å². The van der Waals surface area contributed by atoms with Crippen molar-refractivity contribution in [2.24, 2.45) is 0 Å². The van der Waals surface area contributed by atoms with Gasteiger partial charge in [-0.2, -0.15) is 0 Å². The molecule has 136 valence electrons. The molecule has 0 aliphatic heterocycles. The molecule has 6 nitrogen and oxygen atoms in total. The maximum absolute atomic E-state index is 12.7. The van der Waals surface area contributed by atoms with E-state index in [9.17, 15) is 14.4 Å². The van der Waals surface area contributed by atoms with E-state index in [2.05, 4.69) is 5.32 Å². The first-order chi connectivity index (χ1) is 12.5. The Kier molecular flexibility index (Phi) is 5.42. The van der Waals surface area contributed by atoms with E-state index >= 15 is 0 Å². The minimum Gasteiger partial charge on any atom is -0.459 e. The zero-order valence-corrected chi connectivity index (χ0v) is 14.8. The Morgan fingerprint density at radius 2 is 1.81 bits per heavy atom. The van der Waals surface area contributed by atoms with E-state index < -0.39 is 29.8 Å². The Labute approximate surface area is 155 Å². The zero-order valence-electron chi connectivity index (χ0n) is 14.0. The molecule has 7 heteroatoms. The van der Waals surface area contributed by atoms with Crippen molar-refractivity contribution in [3.05, 3.63) is 59.0 Å². The molecule has 2 amide bonds. The van der Waals surface area contributed by atoms with E-state index in [1.54, 1.807) is 12.1 Å². The van der Waals surface area contributed by atoms with E-state index in [1.807, 2.05) is 12.1 Å². The van der Waals surface area contributed by atoms with Gasteiger partial charge in [-0.25, -0.2) is 0 Å². The van der Waals surface area contributed by atoms with Crippen LogP contribution in [0.1, 0.15) is 41.8 Å². The third-order valence-electron chi connectivity index (χ3n) is 4.58. The Bertz CT molecular complexity index is 792. The minimum atomic E-state index is -0.768. The lowest BCUT2D eigenvalue weighted by Crippen LogP contribution is -2.39. The zero-order chi connectivity index (χ0) is 18.6. The summed E-state index contributed by atoms with van der Waals surface area (Å²) in [4.78, 5) is 36.4. The van der Waals surface area contributed by atoms with E-state index in [-0.39, 0.29) is 5.76 Å². The van der Waals surface area contributed by atoms with Gasteiger partial charge in [0.25, 0.3) is 11.8 Å². The summed E-state index contributed by atoms with van der Waals surface area (Å²) >= 11 is 5.93. The highest BCUT2D eigenvalue weighted by Crippen LogP contribution is 2.42. The summed E-state index contributed by atoms with van der Waals surface area (Å²) in [5, 5.41) is 2.71. The molecule has 1 aliphatic rings. The molecule has 26 heavy (non-hydrogen) atoms. The van der Waals surface area contributed by atoms with Crippen molar-refractivity contribution in [3.63, 3.8) is 0 Å². The lowest BCUT2D eigenvalue weighted by atomic mass is 9.79. The van der Waals surface area contributed by atoms with Crippen LogP contribution in [0.4, 0.5) is 0 Å². The van der Waals surface area contributed by atoms with Gasteiger partial charge in [-0.1, -0.05) is 36.6 Å². The molecule has 0 spiro atoms. The number of furan rings is 1. The van der Waals surface area contributed by atoms with Gasteiger partial charge in [0, 0.05) is 5.02 Å². The second-order valence-electron chi connectivity index (χ2n) is 6.23. The summed E-state index contributed by atoms with van der Waals surface area (Å²) in [6, 6.07) is 10.1. The number of carbonyl (C=O) groups is 3. The Morgan fingerprint density at radius 3 is 2.42 bits per heavy atom. The maximum Gasteiger partial charge on any atom is 0.317 e. The van der Waals surface area contributed by atoms with Gasteiger partial charge >= 0.3 is 5.97 Å². The van der Waals surface area contributed by atoms with Gasteiger partial charge in [-0.15, -0.1) is 0 Å². The summed E-state index contributed by atoms with van der Waals surface area (Å²) in [6.07, 6.45) is 4.44. The smallest absolute Gasteiger partial charge is 0.317 e. The van der Waals surface area contributed by atoms with Crippen molar-refractivity contribution in [2.75, 3.05) is 6.61 Å². The van der Waals surface area contributed by atoms with Gasteiger partial charge in [0.15, 0.2) is 12.4 Å². The molecule has 0 unspecified atom stereocenters. The monoisotopic (exact) mass is 375 g/mol. The second kappa shape index (κ2) is 7.74. The topological polar surface area (TPSA) is 85.6 Å². The van der Waals surface area contributed by atoms with Gasteiger partial charge in [-0.3, -0.25) is 19.7 Å². The van der Waals surface area contributed by atoms with E-state index in [1.165, 1.54) is 18.4 Å². The normalized spacial score (nSPS) is 15.4. The molecular formula is C19H18ClNO5. The second-order valence-corrected chi connectivity index (χ2v) is 6.66. The molecule has 1 heterocycles. The Hall–Kier alpha value is -2.60. The average molecular weight is 376 g/mol. The number of hydrogen-bond acceptors (Lipinski definition) is 5. The predicted octanol–water partition coefficient (Wildman–Crippen LogP) is 3.24. The number of imide groups is 1. The highest BCUT2D eigenvalue weighted by molar-refractivity contribution is 6.30. The molecule has 1 saturated carbocycles. The van der Waals surface area contributed by atoms with Crippen LogP contribution < -0.4 is 5.32 Å². The minimum absolute atomic E-state index is 0.0121. The quantitative estimate of drug-likeness (QED) is 0.811. The van der Waals surface area contributed by atoms with Crippen LogP contribution in [0.5, 0.6) is 0 Å². The summed E-state index contributed by atoms with van der Waals surface area (Å²) in [6.45, 7) is -0.527. The Balaban J connectivity index is 1.63. The van der Waals surface area contributed by atoms with Gasteiger partial charge in [0.05, 0.1) is 11.7 Å². The van der Waals surface area contributed by atoms with Crippen molar-refractivity contribution in [3.8, 4) is 0 Å². The predicted molar refractivity (Wildman–Crippen MR) is 93.7 cm³/mol. The summed E-state index contributed by atoms with van der Waals surface area (Å²) in [5.41, 5.74) is 0.0621. The first-order valence-corrected chi connectivity index (χ1v) is 8.70. The lowest BCUT2D eigenvalue weighted by molar-refractivity contribution is -0.154. The molecule has 2 aromatic rings. The van der Waals surface area contributed by atoms with Crippen LogP contribution in [-0.2, 0) is 19.7 Å². The van der Waals surface area contributed by atoms with Crippen molar-refractivity contribution in [2.45, 2.75) is 31.1 Å². The Morgan fingerprint density at radius 1 is 1.12 bits per heavy atom. The standard InChI is InChI=1S/C19H18ClNO5/c20-14-7-5-13(6-8-14)19(9-1-2-10-19)18(24)26-12-16(22)21-17(23)15-4-3-11-25-15/h3-8,11H,1-2,9-10,12H2,(H,21,22,23). The summed E-state index contributed by atoms with van der Waals surface area (Å²) in [5.74, 6) is -1.83. The average Bonchev–Trinajstić information content (AvgIpc) is 3.32. The van der Waals surface area contributed by atoms with E-state index in [0.717, 1.165) is 18.4 Å². The molecule has 1 aliphatic carbocycles. The molecule has 0 bridgehead atoms. The van der Waals surface area contributed by atoms with Crippen molar-refractivity contribution in [1.82, 2.24) is 5.32 Å². The van der Waals surface area contributed by atoms with E-state index in [0.29, 0.717) is 17.9 Å². The molecule has 1 aromatic heterocycles. The maximum atomic E-state index is 12.7. The number of ether oxygens (including phenoxy) is 1. The van der Waals surface area contributed by atoms with Crippen LogP contribution in [0.3, 0.4) is 0 Å². The van der Waals surface area contributed by atoms with Gasteiger partial charge in [-0.05, 0) is 42.7 Å². The molecule has 1 N–H and O–H groups in total. The van der Waals surface area contributed by atoms with E-state index in [4.69, 9.17) is 20.8 Å². The highest BCUT2D eigenvalue weighted by atomic mass is 35.5. The molecule has 0 saturated heterocycles. The number of esters is 1. The number of halogens is 1. The van der Waals surface area contributed by atoms with Crippen LogP contribution in [0.15, 0.2) is 47.1 Å². The number of carbonyl (C=O) groups excluding carboxylic acids is 3. The van der Waals surface area contributed by atoms with Gasteiger partial charge < -0.3 is 9.15 Å². The first kappa shape index (κ1) is 18.2. The number of nitrogens with one attached hydrogen (secondary N) is 1. The fraction of sp³-hybridized carbons (Fsp3) is 0.316. The van der Waals surface area contributed by atoms with Crippen LogP contribution in [0, 0.1) is 0 Å². The van der Waals surface area contributed by atoms with Crippen LogP contribution >= 0.6 is 11.6 Å². The number of amides is 2. The van der Waals surface area contributed by atoms with Gasteiger partial charge in [0.2, 0.25) is 0 Å². The molecule has 3 rings (SSSR count). The molecular weight excluding hydrogens is 358 g/mol. The number of hydrogen-bond donors (Lipinski definition) is 1. The number of benzene rings is 1. The number of rotatable bonds is 5. The molecule has 1 fully saturated rings. The molecule has 0 atom stereocenters. The third-order valence-corrected chi connectivity index (χ3v) is 4.83.